The fourth-order valence-electron chi connectivity index (χ4n) is 1.44. The lowest BCUT2D eigenvalue weighted by atomic mass is 10.1. The Bertz CT molecular complexity index is 352. The summed E-state index contributed by atoms with van der Waals surface area (Å²) in [6.07, 6.45) is 0.873. The number of hydrogen-bond donors (Lipinski definition) is 1. The minimum Gasteiger partial charge on any atom is -0.347 e. The van der Waals surface area contributed by atoms with Gasteiger partial charge in [-0.15, -0.1) is 22.9 Å². The number of alkyl halides is 1. The summed E-state index contributed by atoms with van der Waals surface area (Å²) in [7, 11) is 0. The van der Waals surface area contributed by atoms with Crippen molar-refractivity contribution in [2.45, 2.75) is 26.3 Å². The number of rotatable bonds is 5. The van der Waals surface area contributed by atoms with Crippen molar-refractivity contribution in [2.75, 3.05) is 5.88 Å². The summed E-state index contributed by atoms with van der Waals surface area (Å²) in [5, 5.41) is 5.20. The predicted octanol–water partition coefficient (Wildman–Crippen LogP) is 3.78. The maximum absolute atomic E-state index is 11.8. The monoisotopic (exact) mass is 279 g/mol. The molecule has 1 rings (SSSR count). The Morgan fingerprint density at radius 1 is 1.56 bits per heavy atom. The third kappa shape index (κ3) is 3.96. The molecule has 1 atom stereocenters. The highest BCUT2D eigenvalue weighted by Gasteiger charge is 2.17. The molecular weight excluding hydrogens is 265 g/mol. The maximum Gasteiger partial charge on any atom is 0.263 e. The molecule has 1 N–H and O–H groups in total. The topological polar surface area (TPSA) is 29.1 Å². The molecule has 1 amide bonds. The molecule has 0 saturated carbocycles. The zero-order chi connectivity index (χ0) is 12.1. The van der Waals surface area contributed by atoms with Gasteiger partial charge in [-0.2, -0.15) is 0 Å². The second-order valence-corrected chi connectivity index (χ2v) is 5.68. The highest BCUT2D eigenvalue weighted by Crippen LogP contribution is 2.22. The second-order valence-electron chi connectivity index (χ2n) is 4.05. The first-order valence-electron chi connectivity index (χ1n) is 5.14. The zero-order valence-corrected chi connectivity index (χ0v) is 11.6. The van der Waals surface area contributed by atoms with Gasteiger partial charge in [-0.3, -0.25) is 4.79 Å². The van der Waals surface area contributed by atoms with Crippen LogP contribution in [0.15, 0.2) is 11.4 Å². The molecule has 0 radical (unpaired) electrons. The van der Waals surface area contributed by atoms with Crippen molar-refractivity contribution in [1.29, 1.82) is 0 Å². The van der Waals surface area contributed by atoms with E-state index in [1.807, 2.05) is 0 Å². The van der Waals surface area contributed by atoms with E-state index in [-0.39, 0.29) is 11.9 Å². The van der Waals surface area contributed by atoms with Crippen LogP contribution in [0.5, 0.6) is 0 Å². The quantitative estimate of drug-likeness (QED) is 0.817. The summed E-state index contributed by atoms with van der Waals surface area (Å²) in [5.74, 6) is 0.793. The third-order valence-corrected chi connectivity index (χ3v) is 3.81. The van der Waals surface area contributed by atoms with Crippen LogP contribution in [0.1, 0.15) is 29.9 Å². The summed E-state index contributed by atoms with van der Waals surface area (Å²) in [6.45, 7) is 4.20. The van der Waals surface area contributed by atoms with Crippen LogP contribution in [-0.2, 0) is 0 Å². The van der Waals surface area contributed by atoms with Crippen molar-refractivity contribution in [3.63, 3.8) is 0 Å². The number of amides is 1. The molecule has 1 heterocycles. The molecule has 0 aliphatic rings. The fraction of sp³-hybridized carbons (Fsp3) is 0.545. The highest BCUT2D eigenvalue weighted by molar-refractivity contribution is 7.12. The molecule has 1 unspecified atom stereocenters. The lowest BCUT2D eigenvalue weighted by Gasteiger charge is -2.17. The van der Waals surface area contributed by atoms with Gasteiger partial charge in [0.25, 0.3) is 5.91 Å². The molecule has 0 bridgehead atoms. The summed E-state index contributed by atoms with van der Waals surface area (Å²) in [5.41, 5.74) is 0. The molecule has 0 spiro atoms. The molecular formula is C11H15Cl2NOS. The molecule has 16 heavy (non-hydrogen) atoms. The molecule has 1 aromatic rings. The molecule has 0 aromatic carbocycles. The minimum absolute atomic E-state index is 0.00679. The number of nitrogens with one attached hydrogen (secondary N) is 1. The van der Waals surface area contributed by atoms with Crippen LogP contribution in [-0.4, -0.2) is 17.8 Å². The average Bonchev–Trinajstić information content (AvgIpc) is 2.62. The van der Waals surface area contributed by atoms with Gasteiger partial charge in [0, 0.05) is 11.9 Å². The van der Waals surface area contributed by atoms with Crippen molar-refractivity contribution in [2.24, 2.45) is 5.92 Å². The molecule has 90 valence electrons. The van der Waals surface area contributed by atoms with E-state index in [4.69, 9.17) is 23.2 Å². The van der Waals surface area contributed by atoms with E-state index in [0.29, 0.717) is 21.7 Å². The zero-order valence-electron chi connectivity index (χ0n) is 9.30. The largest absolute Gasteiger partial charge is 0.347 e. The molecule has 2 nitrogen and oxygen atoms in total. The van der Waals surface area contributed by atoms with Gasteiger partial charge in [-0.05, 0) is 23.8 Å². The number of thiophene rings is 1. The van der Waals surface area contributed by atoms with E-state index in [0.717, 1.165) is 6.42 Å². The second kappa shape index (κ2) is 6.48. The Balaban J connectivity index is 2.59. The van der Waals surface area contributed by atoms with Crippen LogP contribution < -0.4 is 5.32 Å². The van der Waals surface area contributed by atoms with Gasteiger partial charge in [0.05, 0.1) is 5.02 Å². The van der Waals surface area contributed by atoms with Crippen LogP contribution in [0, 0.1) is 5.92 Å². The van der Waals surface area contributed by atoms with Crippen LogP contribution in [0.25, 0.3) is 0 Å². The lowest BCUT2D eigenvalue weighted by Crippen LogP contribution is -2.36. The van der Waals surface area contributed by atoms with Gasteiger partial charge < -0.3 is 5.32 Å². The standard InChI is InChI=1S/C11H15Cl2NOS/c1-7(2)5-8(6-12)14-11(15)10-9(13)3-4-16-10/h3-4,7-8H,5-6H2,1-2H3,(H,14,15). The van der Waals surface area contributed by atoms with Gasteiger partial charge in [0.2, 0.25) is 0 Å². The number of carbonyl (C=O) groups excluding carboxylic acids is 1. The third-order valence-electron chi connectivity index (χ3n) is 2.10. The molecule has 1 aromatic heterocycles. The Hall–Kier alpha value is -0.250. The SMILES string of the molecule is CC(C)CC(CCl)NC(=O)c1sccc1Cl. The van der Waals surface area contributed by atoms with Crippen molar-refractivity contribution in [1.82, 2.24) is 5.32 Å². The Kier molecular flexibility index (Phi) is 5.59. The molecule has 0 saturated heterocycles. The van der Waals surface area contributed by atoms with Crippen LogP contribution >= 0.6 is 34.5 Å². The van der Waals surface area contributed by atoms with E-state index in [2.05, 4.69) is 19.2 Å². The van der Waals surface area contributed by atoms with Gasteiger partial charge in [0.15, 0.2) is 0 Å². The summed E-state index contributed by atoms with van der Waals surface area (Å²) < 4.78 is 0. The van der Waals surface area contributed by atoms with Crippen molar-refractivity contribution in [3.8, 4) is 0 Å². The normalized spacial score (nSPS) is 12.8. The number of halogens is 2. The van der Waals surface area contributed by atoms with Crippen LogP contribution in [0.4, 0.5) is 0 Å². The predicted molar refractivity (Wildman–Crippen MR) is 70.8 cm³/mol. The summed E-state index contributed by atoms with van der Waals surface area (Å²) >= 11 is 13.0. The Morgan fingerprint density at radius 3 is 2.69 bits per heavy atom. The minimum atomic E-state index is -0.133. The smallest absolute Gasteiger partial charge is 0.263 e. The molecule has 5 heteroatoms. The Labute approximate surface area is 110 Å². The molecule has 0 aliphatic carbocycles. The van der Waals surface area contributed by atoms with Gasteiger partial charge in [-0.1, -0.05) is 25.4 Å². The van der Waals surface area contributed by atoms with E-state index in [9.17, 15) is 4.79 Å². The number of carbonyl (C=O) groups is 1. The first kappa shape index (κ1) is 13.8. The Morgan fingerprint density at radius 2 is 2.25 bits per heavy atom. The number of hydrogen-bond acceptors (Lipinski definition) is 2. The molecule has 0 fully saturated rings. The highest BCUT2D eigenvalue weighted by atomic mass is 35.5. The molecule has 0 aliphatic heterocycles. The van der Waals surface area contributed by atoms with E-state index in [1.54, 1.807) is 11.4 Å². The van der Waals surface area contributed by atoms with E-state index < -0.39 is 0 Å². The van der Waals surface area contributed by atoms with Crippen molar-refractivity contribution < 1.29 is 4.79 Å². The summed E-state index contributed by atoms with van der Waals surface area (Å²) in [4.78, 5) is 12.4. The average molecular weight is 280 g/mol. The first-order valence-corrected chi connectivity index (χ1v) is 6.93. The van der Waals surface area contributed by atoms with Gasteiger partial charge >= 0.3 is 0 Å². The van der Waals surface area contributed by atoms with Crippen LogP contribution in [0.3, 0.4) is 0 Å². The van der Waals surface area contributed by atoms with Gasteiger partial charge in [-0.25, -0.2) is 0 Å². The van der Waals surface area contributed by atoms with Crippen molar-refractivity contribution in [3.05, 3.63) is 21.3 Å². The lowest BCUT2D eigenvalue weighted by molar-refractivity contribution is 0.0941. The van der Waals surface area contributed by atoms with E-state index >= 15 is 0 Å². The fourth-order valence-corrected chi connectivity index (χ4v) is 2.68. The van der Waals surface area contributed by atoms with Gasteiger partial charge in [0.1, 0.15) is 4.88 Å². The van der Waals surface area contributed by atoms with E-state index in [1.165, 1.54) is 11.3 Å². The van der Waals surface area contributed by atoms with Crippen molar-refractivity contribution >= 4 is 40.4 Å². The summed E-state index contributed by atoms with van der Waals surface area (Å²) in [6, 6.07) is 1.73. The first-order chi connectivity index (χ1) is 7.54. The van der Waals surface area contributed by atoms with Crippen LogP contribution in [0.2, 0.25) is 5.02 Å². The maximum atomic E-state index is 11.8.